The topological polar surface area (TPSA) is 66.4 Å². The van der Waals surface area contributed by atoms with Crippen LogP contribution in [0.15, 0.2) is 48.5 Å². The summed E-state index contributed by atoms with van der Waals surface area (Å²) in [5, 5.41) is 11.8. The molecule has 0 fully saturated rings. The van der Waals surface area contributed by atoms with E-state index in [1.165, 1.54) is 23.3 Å². The molecular weight excluding hydrogens is 266 g/mol. The number of fused-ring (bicyclic) bond motifs is 1. The van der Waals surface area contributed by atoms with Crippen molar-refractivity contribution in [2.24, 2.45) is 0 Å². The summed E-state index contributed by atoms with van der Waals surface area (Å²) in [6, 6.07) is 14.3. The van der Waals surface area contributed by atoms with Crippen molar-refractivity contribution in [3.05, 3.63) is 70.8 Å². The Morgan fingerprint density at radius 3 is 1.95 bits per heavy atom. The highest BCUT2D eigenvalue weighted by molar-refractivity contribution is 5.96. The Bertz CT molecular complexity index is 666. The Hall–Kier alpha value is -2.62. The number of carbonyl (C=O) groups is 2. The van der Waals surface area contributed by atoms with Crippen molar-refractivity contribution in [1.29, 1.82) is 0 Å². The molecule has 0 aliphatic heterocycles. The van der Waals surface area contributed by atoms with E-state index < -0.39 is 5.97 Å². The average molecular weight is 281 g/mol. The largest absolute Gasteiger partial charge is 0.478 e. The average Bonchev–Trinajstić information content (AvgIpc) is 2.89. The quantitative estimate of drug-likeness (QED) is 0.907. The minimum Gasteiger partial charge on any atom is -0.478 e. The molecular formula is C17H15NO3. The molecule has 106 valence electrons. The Balaban J connectivity index is 1.66. The Kier molecular flexibility index (Phi) is 3.44. The first-order valence-corrected chi connectivity index (χ1v) is 6.84. The number of carboxylic acid groups (broad SMARTS) is 1. The third-order valence-electron chi connectivity index (χ3n) is 3.78. The minimum absolute atomic E-state index is 0.106. The van der Waals surface area contributed by atoms with Crippen molar-refractivity contribution in [1.82, 2.24) is 5.32 Å². The Labute approximate surface area is 122 Å². The van der Waals surface area contributed by atoms with Crippen LogP contribution in [-0.4, -0.2) is 23.0 Å². The van der Waals surface area contributed by atoms with Gasteiger partial charge >= 0.3 is 5.97 Å². The zero-order valence-electron chi connectivity index (χ0n) is 11.4. The lowest BCUT2D eigenvalue weighted by molar-refractivity contribution is 0.0696. The molecule has 2 aromatic rings. The molecule has 0 atom stereocenters. The number of hydrogen-bond donors (Lipinski definition) is 2. The van der Waals surface area contributed by atoms with Crippen LogP contribution < -0.4 is 5.32 Å². The van der Waals surface area contributed by atoms with Gasteiger partial charge in [0.1, 0.15) is 0 Å². The van der Waals surface area contributed by atoms with E-state index in [4.69, 9.17) is 5.11 Å². The molecule has 0 radical (unpaired) electrons. The molecule has 3 rings (SSSR count). The van der Waals surface area contributed by atoms with Crippen LogP contribution in [0.4, 0.5) is 0 Å². The van der Waals surface area contributed by atoms with Crippen LogP contribution in [0.2, 0.25) is 0 Å². The van der Waals surface area contributed by atoms with Crippen molar-refractivity contribution >= 4 is 11.9 Å². The lowest BCUT2D eigenvalue weighted by Crippen LogP contribution is -2.35. The van der Waals surface area contributed by atoms with Crippen LogP contribution in [0.3, 0.4) is 0 Å². The monoisotopic (exact) mass is 281 g/mol. The summed E-state index contributed by atoms with van der Waals surface area (Å²) in [5.41, 5.74) is 3.23. The van der Waals surface area contributed by atoms with Crippen LogP contribution in [0, 0.1) is 0 Å². The SMILES string of the molecule is O=C(O)c1ccc(C(=O)NC2Cc3ccccc3C2)cc1. The van der Waals surface area contributed by atoms with E-state index in [-0.39, 0.29) is 17.5 Å². The van der Waals surface area contributed by atoms with E-state index in [0.717, 1.165) is 12.8 Å². The molecule has 1 amide bonds. The molecule has 2 aromatic carbocycles. The van der Waals surface area contributed by atoms with E-state index in [1.54, 1.807) is 12.1 Å². The summed E-state index contributed by atoms with van der Waals surface area (Å²) in [6.45, 7) is 0. The van der Waals surface area contributed by atoms with Crippen molar-refractivity contribution < 1.29 is 14.7 Å². The molecule has 1 aliphatic rings. The second kappa shape index (κ2) is 5.40. The molecule has 21 heavy (non-hydrogen) atoms. The number of amides is 1. The van der Waals surface area contributed by atoms with Crippen molar-refractivity contribution in [3.63, 3.8) is 0 Å². The maximum Gasteiger partial charge on any atom is 0.335 e. The van der Waals surface area contributed by atoms with Crippen LogP contribution >= 0.6 is 0 Å². The van der Waals surface area contributed by atoms with Gasteiger partial charge < -0.3 is 10.4 Å². The summed E-state index contributed by atoms with van der Waals surface area (Å²) in [6.07, 6.45) is 1.68. The summed E-state index contributed by atoms with van der Waals surface area (Å²) in [7, 11) is 0. The first kappa shape index (κ1) is 13.4. The Morgan fingerprint density at radius 2 is 1.43 bits per heavy atom. The van der Waals surface area contributed by atoms with Gasteiger partial charge in [0.15, 0.2) is 0 Å². The van der Waals surface area contributed by atoms with Gasteiger partial charge in [0.25, 0.3) is 5.91 Å². The van der Waals surface area contributed by atoms with Gasteiger partial charge in [0.2, 0.25) is 0 Å². The van der Waals surface area contributed by atoms with Crippen LogP contribution in [0.1, 0.15) is 31.8 Å². The third-order valence-corrected chi connectivity index (χ3v) is 3.78. The number of aromatic carboxylic acids is 1. The van der Waals surface area contributed by atoms with Gasteiger partial charge in [-0.2, -0.15) is 0 Å². The molecule has 0 saturated carbocycles. The molecule has 0 bridgehead atoms. The first-order chi connectivity index (χ1) is 10.1. The molecule has 0 aromatic heterocycles. The predicted octanol–water partition coefficient (Wildman–Crippen LogP) is 2.28. The van der Waals surface area contributed by atoms with E-state index in [0.29, 0.717) is 5.56 Å². The maximum absolute atomic E-state index is 12.2. The third kappa shape index (κ3) is 2.79. The van der Waals surface area contributed by atoms with E-state index in [1.807, 2.05) is 12.1 Å². The molecule has 0 heterocycles. The second-order valence-electron chi connectivity index (χ2n) is 5.23. The van der Waals surface area contributed by atoms with Crippen LogP contribution in [0.5, 0.6) is 0 Å². The lowest BCUT2D eigenvalue weighted by atomic mass is 10.1. The number of nitrogens with one attached hydrogen (secondary N) is 1. The number of carbonyl (C=O) groups excluding carboxylic acids is 1. The fraction of sp³-hybridized carbons (Fsp3) is 0.176. The van der Waals surface area contributed by atoms with Gasteiger partial charge in [0.05, 0.1) is 5.56 Å². The standard InChI is InChI=1S/C17H15NO3/c19-16(11-5-7-12(8-6-11)17(20)21)18-15-9-13-3-1-2-4-14(13)10-15/h1-8,15H,9-10H2,(H,18,19)(H,20,21). The zero-order chi connectivity index (χ0) is 14.8. The molecule has 2 N–H and O–H groups in total. The molecule has 0 unspecified atom stereocenters. The maximum atomic E-state index is 12.2. The number of rotatable bonds is 3. The number of benzene rings is 2. The van der Waals surface area contributed by atoms with Crippen LogP contribution in [-0.2, 0) is 12.8 Å². The Morgan fingerprint density at radius 1 is 0.905 bits per heavy atom. The highest BCUT2D eigenvalue weighted by Crippen LogP contribution is 2.21. The highest BCUT2D eigenvalue weighted by Gasteiger charge is 2.22. The second-order valence-corrected chi connectivity index (χ2v) is 5.23. The normalized spacial score (nSPS) is 13.7. The fourth-order valence-electron chi connectivity index (χ4n) is 2.69. The smallest absolute Gasteiger partial charge is 0.335 e. The molecule has 0 spiro atoms. The van der Waals surface area contributed by atoms with Crippen molar-refractivity contribution in [2.45, 2.75) is 18.9 Å². The number of hydrogen-bond acceptors (Lipinski definition) is 2. The van der Waals surface area contributed by atoms with E-state index in [2.05, 4.69) is 17.4 Å². The molecule has 1 aliphatic carbocycles. The minimum atomic E-state index is -0.992. The lowest BCUT2D eigenvalue weighted by Gasteiger charge is -2.12. The van der Waals surface area contributed by atoms with Crippen molar-refractivity contribution in [2.75, 3.05) is 0 Å². The summed E-state index contributed by atoms with van der Waals surface area (Å²) in [5.74, 6) is -1.15. The van der Waals surface area contributed by atoms with Crippen molar-refractivity contribution in [3.8, 4) is 0 Å². The van der Waals surface area contributed by atoms with E-state index >= 15 is 0 Å². The van der Waals surface area contributed by atoms with E-state index in [9.17, 15) is 9.59 Å². The molecule has 4 heteroatoms. The fourth-order valence-corrected chi connectivity index (χ4v) is 2.69. The van der Waals surface area contributed by atoms with Gasteiger partial charge in [-0.1, -0.05) is 24.3 Å². The summed E-state index contributed by atoms with van der Waals surface area (Å²) < 4.78 is 0. The highest BCUT2D eigenvalue weighted by atomic mass is 16.4. The molecule has 4 nitrogen and oxygen atoms in total. The van der Waals surface area contributed by atoms with Gasteiger partial charge in [-0.15, -0.1) is 0 Å². The number of carboxylic acids is 1. The predicted molar refractivity (Wildman–Crippen MR) is 78.5 cm³/mol. The van der Waals surface area contributed by atoms with Crippen LogP contribution in [0.25, 0.3) is 0 Å². The molecule has 0 saturated heterocycles. The van der Waals surface area contributed by atoms with Gasteiger partial charge in [-0.3, -0.25) is 4.79 Å². The van der Waals surface area contributed by atoms with Gasteiger partial charge in [-0.05, 0) is 48.2 Å². The summed E-state index contributed by atoms with van der Waals surface area (Å²) in [4.78, 5) is 23.0. The van der Waals surface area contributed by atoms with Gasteiger partial charge in [0, 0.05) is 11.6 Å². The first-order valence-electron chi connectivity index (χ1n) is 6.84. The summed E-state index contributed by atoms with van der Waals surface area (Å²) >= 11 is 0. The zero-order valence-corrected chi connectivity index (χ0v) is 11.4. The van der Waals surface area contributed by atoms with Gasteiger partial charge in [-0.25, -0.2) is 4.79 Å².